The fourth-order valence-corrected chi connectivity index (χ4v) is 3.19. The maximum atomic E-state index is 12.8. The van der Waals surface area contributed by atoms with E-state index >= 15 is 0 Å². The number of rotatable bonds is 5. The van der Waals surface area contributed by atoms with Crippen LogP contribution in [0.3, 0.4) is 0 Å². The summed E-state index contributed by atoms with van der Waals surface area (Å²) in [5, 5.41) is 9.63. The average molecular weight is 385 g/mol. The number of hydrogen-bond acceptors (Lipinski definition) is 4. The summed E-state index contributed by atoms with van der Waals surface area (Å²) in [6.07, 6.45) is 2.07. The molecule has 1 atom stereocenters. The molecule has 0 fully saturated rings. The summed E-state index contributed by atoms with van der Waals surface area (Å²) in [5.41, 5.74) is 2.29. The van der Waals surface area contributed by atoms with Crippen LogP contribution in [-0.4, -0.2) is 35.4 Å². The lowest BCUT2D eigenvalue weighted by atomic mass is 10.0. The monoisotopic (exact) mass is 385 g/mol. The molecule has 28 heavy (non-hydrogen) atoms. The molecule has 144 valence electrons. The predicted octanol–water partition coefficient (Wildman–Crippen LogP) is 3.41. The molecule has 1 unspecified atom stereocenters. The van der Waals surface area contributed by atoms with Crippen molar-refractivity contribution in [2.24, 2.45) is 0 Å². The van der Waals surface area contributed by atoms with Gasteiger partial charge in [0.1, 0.15) is 18.1 Å². The number of carbonyl (C=O) groups is 1. The fourth-order valence-electron chi connectivity index (χ4n) is 3.19. The lowest BCUT2D eigenvalue weighted by molar-refractivity contribution is -0.0498. The van der Waals surface area contributed by atoms with Crippen molar-refractivity contribution in [1.82, 2.24) is 15.5 Å². The first-order chi connectivity index (χ1) is 13.6. The second kappa shape index (κ2) is 7.67. The second-order valence-corrected chi connectivity index (χ2v) is 6.36. The van der Waals surface area contributed by atoms with E-state index < -0.39 is 6.61 Å². The van der Waals surface area contributed by atoms with Gasteiger partial charge in [-0.25, -0.2) is 0 Å². The van der Waals surface area contributed by atoms with Gasteiger partial charge in [0.25, 0.3) is 5.91 Å². The van der Waals surface area contributed by atoms with Crippen molar-refractivity contribution in [2.75, 3.05) is 6.61 Å². The lowest BCUT2D eigenvalue weighted by Gasteiger charge is -2.26. The van der Waals surface area contributed by atoms with Gasteiger partial charge in [-0.2, -0.15) is 13.9 Å². The Hall–Kier alpha value is -3.42. The van der Waals surface area contributed by atoms with Gasteiger partial charge in [0.2, 0.25) is 0 Å². The number of amides is 1. The van der Waals surface area contributed by atoms with E-state index in [1.165, 1.54) is 18.3 Å². The number of nitrogens with one attached hydrogen (secondary N) is 2. The SMILES string of the molecule is O=C(NC1COc2ccccc2C1)c1cn[nH]c1-c1cccc(OC(F)F)c1. The minimum atomic E-state index is -2.92. The van der Waals surface area contributed by atoms with Gasteiger partial charge >= 0.3 is 6.61 Å². The van der Waals surface area contributed by atoms with E-state index in [1.54, 1.807) is 12.1 Å². The Labute approximate surface area is 159 Å². The molecule has 2 N–H and O–H groups in total. The number of halogens is 2. The van der Waals surface area contributed by atoms with E-state index in [1.807, 2.05) is 24.3 Å². The summed E-state index contributed by atoms with van der Waals surface area (Å²) in [6, 6.07) is 13.6. The number of benzene rings is 2. The van der Waals surface area contributed by atoms with Crippen LogP contribution in [0.5, 0.6) is 11.5 Å². The number of carbonyl (C=O) groups excluding carboxylic acids is 1. The molecule has 0 bridgehead atoms. The molecule has 0 saturated heterocycles. The van der Waals surface area contributed by atoms with Gasteiger partial charge in [-0.05, 0) is 30.2 Å². The summed E-state index contributed by atoms with van der Waals surface area (Å²) in [7, 11) is 0. The Morgan fingerprint density at radius 1 is 1.25 bits per heavy atom. The molecule has 2 aromatic carbocycles. The van der Waals surface area contributed by atoms with Crippen molar-refractivity contribution < 1.29 is 23.0 Å². The second-order valence-electron chi connectivity index (χ2n) is 6.36. The minimum absolute atomic E-state index is 0.00532. The van der Waals surface area contributed by atoms with Crippen molar-refractivity contribution in [3.63, 3.8) is 0 Å². The zero-order valence-corrected chi connectivity index (χ0v) is 14.7. The van der Waals surface area contributed by atoms with E-state index in [0.29, 0.717) is 29.8 Å². The number of para-hydroxylation sites is 1. The number of fused-ring (bicyclic) bond motifs is 1. The van der Waals surface area contributed by atoms with Crippen LogP contribution in [0.25, 0.3) is 11.3 Å². The maximum Gasteiger partial charge on any atom is 0.387 e. The van der Waals surface area contributed by atoms with Gasteiger partial charge in [-0.15, -0.1) is 0 Å². The summed E-state index contributed by atoms with van der Waals surface area (Å²) in [5.74, 6) is 0.510. The first-order valence-corrected chi connectivity index (χ1v) is 8.70. The molecular formula is C20H17F2N3O3. The Balaban J connectivity index is 1.51. The summed E-state index contributed by atoms with van der Waals surface area (Å²) < 4.78 is 35.0. The molecular weight excluding hydrogens is 368 g/mol. The van der Waals surface area contributed by atoms with Gasteiger partial charge in [0, 0.05) is 5.56 Å². The number of alkyl halides is 2. The fraction of sp³-hybridized carbons (Fsp3) is 0.200. The summed E-state index contributed by atoms with van der Waals surface area (Å²) in [6.45, 7) is -2.55. The van der Waals surface area contributed by atoms with Crippen LogP contribution >= 0.6 is 0 Å². The van der Waals surface area contributed by atoms with E-state index in [0.717, 1.165) is 11.3 Å². The Morgan fingerprint density at radius 3 is 2.96 bits per heavy atom. The van der Waals surface area contributed by atoms with E-state index in [-0.39, 0.29) is 17.7 Å². The third-order valence-corrected chi connectivity index (χ3v) is 4.45. The van der Waals surface area contributed by atoms with Gasteiger partial charge in [0.15, 0.2) is 0 Å². The first kappa shape index (κ1) is 18.0. The molecule has 6 nitrogen and oxygen atoms in total. The highest BCUT2D eigenvalue weighted by Gasteiger charge is 2.24. The topological polar surface area (TPSA) is 76.2 Å². The van der Waals surface area contributed by atoms with Crippen molar-refractivity contribution in [2.45, 2.75) is 19.1 Å². The van der Waals surface area contributed by atoms with Crippen LogP contribution in [0.4, 0.5) is 8.78 Å². The zero-order chi connectivity index (χ0) is 19.5. The third-order valence-electron chi connectivity index (χ3n) is 4.45. The number of ether oxygens (including phenoxy) is 2. The van der Waals surface area contributed by atoms with Crippen LogP contribution in [0.15, 0.2) is 54.7 Å². The number of aromatic amines is 1. The molecule has 0 spiro atoms. The number of nitrogens with zero attached hydrogens (tertiary/aromatic N) is 1. The van der Waals surface area contributed by atoms with Crippen molar-refractivity contribution in [3.8, 4) is 22.8 Å². The van der Waals surface area contributed by atoms with Crippen LogP contribution in [0.1, 0.15) is 15.9 Å². The smallest absolute Gasteiger partial charge is 0.387 e. The normalized spacial score (nSPS) is 15.6. The molecule has 4 rings (SSSR count). The van der Waals surface area contributed by atoms with E-state index in [9.17, 15) is 13.6 Å². The van der Waals surface area contributed by atoms with Gasteiger partial charge in [0.05, 0.1) is 23.5 Å². The van der Waals surface area contributed by atoms with E-state index in [4.69, 9.17) is 4.74 Å². The van der Waals surface area contributed by atoms with Crippen LogP contribution < -0.4 is 14.8 Å². The highest BCUT2D eigenvalue weighted by molar-refractivity contribution is 6.00. The van der Waals surface area contributed by atoms with Gasteiger partial charge in [-0.1, -0.05) is 30.3 Å². The largest absolute Gasteiger partial charge is 0.491 e. The molecule has 0 aliphatic carbocycles. The highest BCUT2D eigenvalue weighted by Crippen LogP contribution is 2.27. The molecule has 1 aliphatic heterocycles. The van der Waals surface area contributed by atoms with Crippen LogP contribution in [0, 0.1) is 0 Å². The third kappa shape index (κ3) is 3.80. The maximum absolute atomic E-state index is 12.8. The van der Waals surface area contributed by atoms with Crippen LogP contribution in [-0.2, 0) is 6.42 Å². The molecule has 3 aromatic rings. The minimum Gasteiger partial charge on any atom is -0.491 e. The molecule has 1 aromatic heterocycles. The molecule has 0 radical (unpaired) electrons. The highest BCUT2D eigenvalue weighted by atomic mass is 19.3. The quantitative estimate of drug-likeness (QED) is 0.706. The lowest BCUT2D eigenvalue weighted by Crippen LogP contribution is -2.42. The van der Waals surface area contributed by atoms with Crippen molar-refractivity contribution >= 4 is 5.91 Å². The molecule has 2 heterocycles. The molecule has 8 heteroatoms. The van der Waals surface area contributed by atoms with Crippen LogP contribution in [0.2, 0.25) is 0 Å². The standard InChI is InChI=1S/C20H17F2N3O3/c21-20(22)28-15-6-3-5-13(9-15)18-16(10-23-25-18)19(26)24-14-8-12-4-1-2-7-17(12)27-11-14/h1-7,9-10,14,20H,8,11H2,(H,23,25)(H,24,26). The first-order valence-electron chi connectivity index (χ1n) is 8.70. The van der Waals surface area contributed by atoms with Gasteiger partial charge < -0.3 is 14.8 Å². The summed E-state index contributed by atoms with van der Waals surface area (Å²) >= 11 is 0. The summed E-state index contributed by atoms with van der Waals surface area (Å²) in [4.78, 5) is 12.8. The van der Waals surface area contributed by atoms with Crippen molar-refractivity contribution in [1.29, 1.82) is 0 Å². The molecule has 1 amide bonds. The Morgan fingerprint density at radius 2 is 2.11 bits per heavy atom. The Kier molecular flexibility index (Phi) is 4.92. The van der Waals surface area contributed by atoms with Gasteiger partial charge in [-0.3, -0.25) is 9.89 Å². The number of aromatic nitrogens is 2. The number of H-pyrrole nitrogens is 1. The molecule has 0 saturated carbocycles. The molecule has 1 aliphatic rings. The average Bonchev–Trinajstić information content (AvgIpc) is 3.18. The van der Waals surface area contributed by atoms with Crippen molar-refractivity contribution in [3.05, 3.63) is 65.9 Å². The Bertz CT molecular complexity index is 990. The van der Waals surface area contributed by atoms with E-state index in [2.05, 4.69) is 20.3 Å². The predicted molar refractivity (Wildman–Crippen MR) is 97.6 cm³/mol. The zero-order valence-electron chi connectivity index (χ0n) is 14.7. The number of hydrogen-bond donors (Lipinski definition) is 2.